The molecule has 1 atom stereocenters. The van der Waals surface area contributed by atoms with E-state index >= 15 is 0 Å². The highest BCUT2D eigenvalue weighted by atomic mass is 16.1. The van der Waals surface area contributed by atoms with Gasteiger partial charge in [0, 0.05) is 5.57 Å². The van der Waals surface area contributed by atoms with Crippen molar-refractivity contribution in [2.45, 2.75) is 148 Å². The van der Waals surface area contributed by atoms with E-state index in [0.717, 1.165) is 19.3 Å². The van der Waals surface area contributed by atoms with Crippen molar-refractivity contribution in [3.63, 3.8) is 0 Å². The van der Waals surface area contributed by atoms with Gasteiger partial charge in [-0.05, 0) is 12.8 Å². The van der Waals surface area contributed by atoms with Crippen LogP contribution in [0.5, 0.6) is 0 Å². The normalized spacial score (nSPS) is 17.6. The number of carbonyl (C=O) groups excluding carboxylic acids is 2. The first-order valence-electron chi connectivity index (χ1n) is 14.5. The molecule has 1 aliphatic carbocycles. The van der Waals surface area contributed by atoms with Gasteiger partial charge >= 0.3 is 0 Å². The van der Waals surface area contributed by atoms with Crippen molar-refractivity contribution in [2.75, 3.05) is 0 Å². The summed E-state index contributed by atoms with van der Waals surface area (Å²) in [6, 6.07) is 0. The van der Waals surface area contributed by atoms with Crippen molar-refractivity contribution in [1.82, 2.24) is 0 Å². The van der Waals surface area contributed by atoms with E-state index in [1.54, 1.807) is 18.2 Å². The molecule has 1 aliphatic rings. The van der Waals surface area contributed by atoms with Gasteiger partial charge in [-0.25, -0.2) is 0 Å². The summed E-state index contributed by atoms with van der Waals surface area (Å²) in [6.45, 7) is 2.28. The third kappa shape index (κ3) is 14.0. The monoisotopic (exact) mass is 474 g/mol. The van der Waals surface area contributed by atoms with Crippen LogP contribution in [0.1, 0.15) is 148 Å². The van der Waals surface area contributed by atoms with E-state index in [4.69, 9.17) is 11.5 Å². The Bertz CT molecular complexity index is 611. The molecule has 1 unspecified atom stereocenters. The molecule has 1 rings (SSSR count). The third-order valence-corrected chi connectivity index (χ3v) is 7.52. The molecule has 4 nitrogen and oxygen atoms in total. The number of rotatable bonds is 23. The summed E-state index contributed by atoms with van der Waals surface area (Å²) in [5, 5.41) is 0. The number of carbonyl (C=O) groups is 2. The van der Waals surface area contributed by atoms with E-state index in [9.17, 15) is 9.59 Å². The standard InChI is InChI=1S/C30H54N2O2/c1-2-3-4-5-6-7-8-9-10-11-12-13-14-15-16-17-18-19-20-21-24-30(29(32)34)25-22-27(23-26-30)28(31)33/h22-23,25H,2-21,24,26H2,1H3,(H2,31,33)(H2,32,34). The van der Waals surface area contributed by atoms with Gasteiger partial charge in [-0.1, -0.05) is 154 Å². The smallest absolute Gasteiger partial charge is 0.248 e. The first-order chi connectivity index (χ1) is 16.5. The molecule has 0 spiro atoms. The number of primary amides is 2. The molecule has 0 bridgehead atoms. The molecule has 0 saturated carbocycles. The van der Waals surface area contributed by atoms with E-state index in [2.05, 4.69) is 6.92 Å². The number of hydrogen-bond donors (Lipinski definition) is 2. The van der Waals surface area contributed by atoms with Crippen molar-refractivity contribution in [1.29, 1.82) is 0 Å². The molecule has 0 fully saturated rings. The van der Waals surface area contributed by atoms with Crippen LogP contribution in [0.2, 0.25) is 0 Å². The zero-order valence-corrected chi connectivity index (χ0v) is 22.3. The van der Waals surface area contributed by atoms with Crippen LogP contribution in [0, 0.1) is 5.41 Å². The van der Waals surface area contributed by atoms with E-state index in [1.807, 2.05) is 0 Å². The van der Waals surface area contributed by atoms with Crippen LogP contribution in [0.15, 0.2) is 23.8 Å². The van der Waals surface area contributed by atoms with Gasteiger partial charge in [0.05, 0.1) is 5.41 Å². The zero-order valence-electron chi connectivity index (χ0n) is 22.3. The Hall–Kier alpha value is -1.58. The zero-order chi connectivity index (χ0) is 24.9. The lowest BCUT2D eigenvalue weighted by Crippen LogP contribution is -2.36. The molecule has 0 heterocycles. The van der Waals surface area contributed by atoms with Crippen LogP contribution >= 0.6 is 0 Å². The minimum atomic E-state index is -0.646. The molecular formula is C30H54N2O2. The summed E-state index contributed by atoms with van der Waals surface area (Å²) < 4.78 is 0. The highest BCUT2D eigenvalue weighted by Gasteiger charge is 2.34. The van der Waals surface area contributed by atoms with Gasteiger partial charge in [0.25, 0.3) is 0 Å². The summed E-state index contributed by atoms with van der Waals surface area (Å²) >= 11 is 0. The molecule has 196 valence electrons. The molecule has 0 saturated heterocycles. The Kier molecular flexibility index (Phi) is 17.6. The molecule has 2 amide bonds. The SMILES string of the molecule is CCCCCCCCCCCCCCCCCCCCCCC1(C(N)=O)C=CC(C(N)=O)=CC1. The predicted molar refractivity (Wildman–Crippen MR) is 145 cm³/mol. The van der Waals surface area contributed by atoms with E-state index in [0.29, 0.717) is 12.0 Å². The summed E-state index contributed by atoms with van der Waals surface area (Å²) in [5.74, 6) is -0.755. The molecule has 0 aromatic rings. The van der Waals surface area contributed by atoms with Crippen molar-refractivity contribution in [2.24, 2.45) is 16.9 Å². The first-order valence-corrected chi connectivity index (χ1v) is 14.5. The highest BCUT2D eigenvalue weighted by molar-refractivity contribution is 5.96. The second-order valence-corrected chi connectivity index (χ2v) is 10.5. The number of unbranched alkanes of at least 4 members (excludes halogenated alkanes) is 19. The van der Waals surface area contributed by atoms with Crippen LogP contribution < -0.4 is 11.5 Å². The number of amides is 2. The van der Waals surface area contributed by atoms with Gasteiger partial charge in [0.2, 0.25) is 11.8 Å². The Balaban J connectivity index is 1.88. The maximum Gasteiger partial charge on any atom is 0.248 e. The minimum absolute atomic E-state index is 0.304. The van der Waals surface area contributed by atoms with Gasteiger partial charge < -0.3 is 11.5 Å². The molecule has 4 N–H and O–H groups in total. The van der Waals surface area contributed by atoms with Gasteiger partial charge in [0.1, 0.15) is 0 Å². The van der Waals surface area contributed by atoms with Crippen LogP contribution in [-0.2, 0) is 9.59 Å². The van der Waals surface area contributed by atoms with Gasteiger partial charge in [-0.2, -0.15) is 0 Å². The Labute approximate surface area is 210 Å². The van der Waals surface area contributed by atoms with Gasteiger partial charge in [-0.15, -0.1) is 0 Å². The Morgan fingerprint density at radius 2 is 1.06 bits per heavy atom. The van der Waals surface area contributed by atoms with Crippen LogP contribution in [0.3, 0.4) is 0 Å². The lowest BCUT2D eigenvalue weighted by molar-refractivity contribution is -0.125. The van der Waals surface area contributed by atoms with Crippen LogP contribution in [-0.4, -0.2) is 11.8 Å². The van der Waals surface area contributed by atoms with Crippen molar-refractivity contribution in [3.05, 3.63) is 23.8 Å². The molecule has 0 aliphatic heterocycles. The summed E-state index contributed by atoms with van der Waals surface area (Å²) in [4.78, 5) is 23.3. The lowest BCUT2D eigenvalue weighted by atomic mass is 9.75. The predicted octanol–water partition coefficient (Wildman–Crippen LogP) is 8.04. The average molecular weight is 475 g/mol. The van der Waals surface area contributed by atoms with E-state index in [1.165, 1.54) is 116 Å². The number of allylic oxidation sites excluding steroid dienone is 1. The average Bonchev–Trinajstić information content (AvgIpc) is 2.83. The topological polar surface area (TPSA) is 86.2 Å². The summed E-state index contributed by atoms with van der Waals surface area (Å²) in [5.41, 5.74) is 10.8. The fourth-order valence-electron chi connectivity index (χ4n) is 5.05. The first kappa shape index (κ1) is 30.5. The highest BCUT2D eigenvalue weighted by Crippen LogP contribution is 2.35. The molecule has 0 aromatic carbocycles. The lowest BCUT2D eigenvalue weighted by Gasteiger charge is -2.28. The number of nitrogens with two attached hydrogens (primary N) is 2. The molecule has 0 radical (unpaired) electrons. The molecule has 4 heteroatoms. The largest absolute Gasteiger partial charge is 0.369 e. The second-order valence-electron chi connectivity index (χ2n) is 10.5. The quantitative estimate of drug-likeness (QED) is 0.147. The molecule has 0 aromatic heterocycles. The second kappa shape index (κ2) is 19.7. The van der Waals surface area contributed by atoms with Gasteiger partial charge in [0.15, 0.2) is 0 Å². The third-order valence-electron chi connectivity index (χ3n) is 7.52. The Morgan fingerprint density at radius 1 is 0.676 bits per heavy atom. The minimum Gasteiger partial charge on any atom is -0.369 e. The fraction of sp³-hybridized carbons (Fsp3) is 0.800. The van der Waals surface area contributed by atoms with Crippen molar-refractivity contribution >= 4 is 11.8 Å². The fourth-order valence-corrected chi connectivity index (χ4v) is 5.05. The molecular weight excluding hydrogens is 420 g/mol. The maximum absolute atomic E-state index is 12.0. The maximum atomic E-state index is 12.0. The number of hydrogen-bond acceptors (Lipinski definition) is 2. The Morgan fingerprint density at radius 3 is 1.35 bits per heavy atom. The van der Waals surface area contributed by atoms with E-state index in [-0.39, 0.29) is 5.91 Å². The van der Waals surface area contributed by atoms with Crippen molar-refractivity contribution in [3.8, 4) is 0 Å². The van der Waals surface area contributed by atoms with E-state index < -0.39 is 11.3 Å². The summed E-state index contributed by atoms with van der Waals surface area (Å²) in [7, 11) is 0. The van der Waals surface area contributed by atoms with Crippen LogP contribution in [0.4, 0.5) is 0 Å². The van der Waals surface area contributed by atoms with Crippen LogP contribution in [0.25, 0.3) is 0 Å². The van der Waals surface area contributed by atoms with Gasteiger partial charge in [-0.3, -0.25) is 9.59 Å². The summed E-state index contributed by atoms with van der Waals surface area (Å²) in [6.07, 6.45) is 33.6. The van der Waals surface area contributed by atoms with Crippen molar-refractivity contribution < 1.29 is 9.59 Å². The molecule has 34 heavy (non-hydrogen) atoms.